The maximum absolute atomic E-state index is 12.5. The fourth-order valence-corrected chi connectivity index (χ4v) is 0.677. The van der Waals surface area contributed by atoms with Crippen molar-refractivity contribution in [3.05, 3.63) is 36.2 Å². The van der Waals surface area contributed by atoms with E-state index in [-0.39, 0.29) is 11.4 Å². The van der Waals surface area contributed by atoms with E-state index < -0.39 is 0 Å². The van der Waals surface area contributed by atoms with Gasteiger partial charge in [-0.3, -0.25) is 4.79 Å². The summed E-state index contributed by atoms with van der Waals surface area (Å²) in [6, 6.07) is 0. The summed E-state index contributed by atoms with van der Waals surface area (Å²) in [5, 5.41) is 0.455. The summed E-state index contributed by atoms with van der Waals surface area (Å²) in [4.78, 5) is 9.97. The summed E-state index contributed by atoms with van der Waals surface area (Å²) in [5.41, 5.74) is 0.253. The van der Waals surface area contributed by atoms with E-state index >= 15 is 0 Å². The Hall–Kier alpha value is -0.700. The van der Waals surface area contributed by atoms with Crippen LogP contribution in [-0.4, -0.2) is 11.6 Å². The van der Waals surface area contributed by atoms with Crippen molar-refractivity contribution in [2.75, 3.05) is 5.33 Å². The first kappa shape index (κ1) is 10.3. The van der Waals surface area contributed by atoms with Crippen LogP contribution in [0.4, 0.5) is 4.39 Å². The van der Waals surface area contributed by atoms with Crippen LogP contribution >= 0.6 is 15.9 Å². The monoisotopic (exact) mass is 218 g/mol. The predicted molar refractivity (Wildman–Crippen MR) is 47.3 cm³/mol. The summed E-state index contributed by atoms with van der Waals surface area (Å²) in [5.74, 6) is -0.384. The molecule has 0 bridgehead atoms. The molecule has 0 aliphatic rings. The zero-order chi connectivity index (χ0) is 8.69. The van der Waals surface area contributed by atoms with Crippen LogP contribution in [0.2, 0.25) is 0 Å². The SMILES string of the molecule is C=C(C=O)/C=C\C(F)=C/CBr. The number of hydrogen-bond acceptors (Lipinski definition) is 1. The third kappa shape index (κ3) is 5.73. The molecule has 0 fully saturated rings. The van der Waals surface area contributed by atoms with Crippen LogP contribution in [-0.2, 0) is 4.79 Å². The van der Waals surface area contributed by atoms with Crippen molar-refractivity contribution in [3.8, 4) is 0 Å². The molecular formula is C8H8BrFO. The Kier molecular flexibility index (Phi) is 5.65. The highest BCUT2D eigenvalue weighted by molar-refractivity contribution is 9.09. The minimum Gasteiger partial charge on any atom is -0.298 e. The lowest BCUT2D eigenvalue weighted by molar-refractivity contribution is -0.104. The lowest BCUT2D eigenvalue weighted by atomic mass is 10.3. The first-order valence-electron chi connectivity index (χ1n) is 2.94. The van der Waals surface area contributed by atoms with Crippen molar-refractivity contribution in [1.29, 1.82) is 0 Å². The summed E-state index contributed by atoms with van der Waals surface area (Å²) in [6.45, 7) is 3.34. The first-order chi connectivity index (χ1) is 5.20. The topological polar surface area (TPSA) is 17.1 Å². The van der Waals surface area contributed by atoms with E-state index in [2.05, 4.69) is 22.5 Å². The Morgan fingerprint density at radius 3 is 2.64 bits per heavy atom. The molecule has 0 aromatic heterocycles. The third-order valence-electron chi connectivity index (χ3n) is 0.880. The molecule has 1 nitrogen and oxygen atoms in total. The molecule has 0 saturated carbocycles. The highest BCUT2D eigenvalue weighted by atomic mass is 79.9. The van der Waals surface area contributed by atoms with Crippen molar-refractivity contribution >= 4 is 22.2 Å². The van der Waals surface area contributed by atoms with Gasteiger partial charge in [0.1, 0.15) is 12.1 Å². The van der Waals surface area contributed by atoms with Crippen LogP contribution < -0.4 is 0 Å². The fourth-order valence-electron chi connectivity index (χ4n) is 0.368. The van der Waals surface area contributed by atoms with Gasteiger partial charge in [-0.15, -0.1) is 0 Å². The molecule has 0 aromatic carbocycles. The lowest BCUT2D eigenvalue weighted by Crippen LogP contribution is -1.74. The van der Waals surface area contributed by atoms with Gasteiger partial charge in [0.15, 0.2) is 0 Å². The van der Waals surface area contributed by atoms with Gasteiger partial charge in [0.05, 0.1) is 0 Å². The largest absolute Gasteiger partial charge is 0.298 e. The van der Waals surface area contributed by atoms with E-state index in [0.717, 1.165) is 0 Å². The van der Waals surface area contributed by atoms with E-state index in [9.17, 15) is 9.18 Å². The number of hydrogen-bond donors (Lipinski definition) is 0. The van der Waals surface area contributed by atoms with Gasteiger partial charge in [-0.2, -0.15) is 0 Å². The molecule has 3 heteroatoms. The Morgan fingerprint density at radius 2 is 2.18 bits per heavy atom. The minimum absolute atomic E-state index is 0.253. The van der Waals surface area contributed by atoms with Gasteiger partial charge in [-0.05, 0) is 18.2 Å². The Morgan fingerprint density at radius 1 is 1.55 bits per heavy atom. The molecule has 0 spiro atoms. The maximum atomic E-state index is 12.5. The van der Waals surface area contributed by atoms with Crippen LogP contribution in [0, 0.1) is 0 Å². The molecule has 0 radical (unpaired) electrons. The summed E-state index contributed by atoms with van der Waals surface area (Å²) < 4.78 is 12.5. The van der Waals surface area contributed by atoms with E-state index in [1.165, 1.54) is 18.2 Å². The highest BCUT2D eigenvalue weighted by Crippen LogP contribution is 2.01. The molecule has 60 valence electrons. The zero-order valence-corrected chi connectivity index (χ0v) is 7.47. The average Bonchev–Trinajstić information content (AvgIpc) is 2.01. The predicted octanol–water partition coefficient (Wildman–Crippen LogP) is 2.55. The van der Waals surface area contributed by atoms with Gasteiger partial charge in [0, 0.05) is 10.9 Å². The molecular weight excluding hydrogens is 211 g/mol. The smallest absolute Gasteiger partial charge is 0.149 e. The number of allylic oxidation sites excluding steroid dienone is 5. The van der Waals surface area contributed by atoms with Gasteiger partial charge in [0.25, 0.3) is 0 Å². The lowest BCUT2D eigenvalue weighted by Gasteiger charge is -1.84. The van der Waals surface area contributed by atoms with E-state index in [4.69, 9.17) is 0 Å². The van der Waals surface area contributed by atoms with Crippen molar-refractivity contribution in [2.45, 2.75) is 0 Å². The number of alkyl halides is 1. The van der Waals surface area contributed by atoms with E-state index in [1.807, 2.05) is 0 Å². The van der Waals surface area contributed by atoms with Crippen molar-refractivity contribution in [1.82, 2.24) is 0 Å². The van der Waals surface area contributed by atoms with Crippen LogP contribution in [0.5, 0.6) is 0 Å². The second-order valence-corrected chi connectivity index (χ2v) is 2.42. The van der Waals surface area contributed by atoms with Gasteiger partial charge in [0.2, 0.25) is 0 Å². The molecule has 0 aliphatic heterocycles. The number of carbonyl (C=O) groups is 1. The zero-order valence-electron chi connectivity index (χ0n) is 5.89. The van der Waals surface area contributed by atoms with Crippen molar-refractivity contribution < 1.29 is 9.18 Å². The molecule has 0 aromatic rings. The average molecular weight is 219 g/mol. The fraction of sp³-hybridized carbons (Fsp3) is 0.125. The summed E-state index contributed by atoms with van der Waals surface area (Å²) >= 11 is 3.03. The van der Waals surface area contributed by atoms with Crippen molar-refractivity contribution in [2.24, 2.45) is 0 Å². The molecule has 0 saturated heterocycles. The maximum Gasteiger partial charge on any atom is 0.149 e. The van der Waals surface area contributed by atoms with Gasteiger partial charge in [-0.1, -0.05) is 22.5 Å². The Balaban J connectivity index is 4.02. The first-order valence-corrected chi connectivity index (χ1v) is 4.06. The standard InChI is InChI=1S/C8H8BrFO/c1-7(6-11)2-3-8(10)4-5-9/h2-4,6H,1,5H2/b3-2-,8-4+. The molecule has 0 heterocycles. The van der Waals surface area contributed by atoms with Crippen LogP contribution in [0.15, 0.2) is 36.2 Å². The molecule has 0 aliphatic carbocycles. The van der Waals surface area contributed by atoms with E-state index in [0.29, 0.717) is 11.6 Å². The van der Waals surface area contributed by atoms with Gasteiger partial charge in [-0.25, -0.2) is 4.39 Å². The normalized spacial score (nSPS) is 12.0. The Labute approximate surface area is 73.4 Å². The van der Waals surface area contributed by atoms with Gasteiger partial charge >= 0.3 is 0 Å². The number of carbonyl (C=O) groups excluding carboxylic acids is 1. The molecule has 0 amide bonds. The summed E-state index contributed by atoms with van der Waals surface area (Å²) in [6.07, 6.45) is 4.42. The molecule has 11 heavy (non-hydrogen) atoms. The van der Waals surface area contributed by atoms with Crippen LogP contribution in [0.25, 0.3) is 0 Å². The quantitative estimate of drug-likeness (QED) is 0.307. The molecule has 0 rings (SSSR count). The second kappa shape index (κ2) is 6.04. The molecule has 0 unspecified atom stereocenters. The number of aldehydes is 1. The molecule has 0 atom stereocenters. The van der Waals surface area contributed by atoms with Gasteiger partial charge < -0.3 is 0 Å². The van der Waals surface area contributed by atoms with Crippen molar-refractivity contribution in [3.63, 3.8) is 0 Å². The van der Waals surface area contributed by atoms with Crippen LogP contribution in [0.3, 0.4) is 0 Å². The third-order valence-corrected chi connectivity index (χ3v) is 1.20. The second-order valence-electron chi connectivity index (χ2n) is 1.77. The van der Waals surface area contributed by atoms with Crippen LogP contribution in [0.1, 0.15) is 0 Å². The summed E-state index contributed by atoms with van der Waals surface area (Å²) in [7, 11) is 0. The number of halogens is 2. The highest BCUT2D eigenvalue weighted by Gasteiger charge is 1.86. The Bertz CT molecular complexity index is 206. The van der Waals surface area contributed by atoms with E-state index in [1.54, 1.807) is 0 Å². The number of rotatable bonds is 4. The molecule has 0 N–H and O–H groups in total. The minimum atomic E-state index is -0.384.